The van der Waals surface area contributed by atoms with Gasteiger partial charge < -0.3 is 0 Å². The largest absolute Gasteiger partial charge is 0.240 e. The van der Waals surface area contributed by atoms with Gasteiger partial charge in [-0.15, -0.1) is 0 Å². The number of nitrogens with one attached hydrogen (secondary N) is 1. The van der Waals surface area contributed by atoms with E-state index in [0.29, 0.717) is 11.5 Å². The molecule has 2 rings (SSSR count). The van der Waals surface area contributed by atoms with E-state index in [1.54, 1.807) is 6.92 Å². The molecule has 0 radical (unpaired) electrons. The number of rotatable bonds is 3. The highest BCUT2D eigenvalue weighted by atomic mass is 32.2. The Labute approximate surface area is 114 Å². The lowest BCUT2D eigenvalue weighted by Crippen LogP contribution is -2.40. The van der Waals surface area contributed by atoms with Crippen molar-refractivity contribution in [2.24, 2.45) is 5.92 Å². The second-order valence-corrected chi connectivity index (χ2v) is 7.11. The SMILES string of the molecule is Cc1cc(S(=O)(=O)NC2CCCCC2C)ccc1F. The zero-order valence-electron chi connectivity index (χ0n) is 11.3. The van der Waals surface area contributed by atoms with Crippen LogP contribution in [0.3, 0.4) is 0 Å². The molecule has 0 aliphatic heterocycles. The van der Waals surface area contributed by atoms with Gasteiger partial charge in [-0.25, -0.2) is 17.5 Å². The van der Waals surface area contributed by atoms with Crippen LogP contribution in [0, 0.1) is 18.7 Å². The molecule has 1 aliphatic rings. The van der Waals surface area contributed by atoms with Crippen LogP contribution >= 0.6 is 0 Å². The van der Waals surface area contributed by atoms with E-state index in [1.165, 1.54) is 18.2 Å². The highest BCUT2D eigenvalue weighted by Crippen LogP contribution is 2.25. The molecule has 5 heteroatoms. The molecule has 2 unspecified atom stereocenters. The average Bonchev–Trinajstić information content (AvgIpc) is 2.35. The molecule has 0 heterocycles. The van der Waals surface area contributed by atoms with Gasteiger partial charge >= 0.3 is 0 Å². The summed E-state index contributed by atoms with van der Waals surface area (Å²) in [5.41, 5.74) is 0.347. The molecular weight excluding hydrogens is 265 g/mol. The molecule has 0 saturated heterocycles. The molecule has 1 saturated carbocycles. The smallest absolute Gasteiger partial charge is 0.208 e. The molecule has 2 atom stereocenters. The number of sulfonamides is 1. The van der Waals surface area contributed by atoms with Gasteiger partial charge in [0.1, 0.15) is 5.82 Å². The first-order valence-electron chi connectivity index (χ1n) is 6.68. The Hall–Kier alpha value is -0.940. The third-order valence-corrected chi connectivity index (χ3v) is 5.35. The Morgan fingerprint density at radius 3 is 2.58 bits per heavy atom. The lowest BCUT2D eigenvalue weighted by Gasteiger charge is -2.29. The van der Waals surface area contributed by atoms with Crippen LogP contribution in [0.15, 0.2) is 23.1 Å². The zero-order chi connectivity index (χ0) is 14.0. The minimum atomic E-state index is -3.55. The fraction of sp³-hybridized carbons (Fsp3) is 0.571. The minimum Gasteiger partial charge on any atom is -0.208 e. The molecule has 1 aromatic carbocycles. The van der Waals surface area contributed by atoms with Crippen molar-refractivity contribution in [3.63, 3.8) is 0 Å². The van der Waals surface area contributed by atoms with E-state index >= 15 is 0 Å². The fourth-order valence-corrected chi connectivity index (χ4v) is 4.01. The van der Waals surface area contributed by atoms with Crippen LogP contribution in [0.5, 0.6) is 0 Å². The van der Waals surface area contributed by atoms with E-state index in [4.69, 9.17) is 0 Å². The molecule has 0 bridgehead atoms. The molecule has 1 aromatic rings. The van der Waals surface area contributed by atoms with Gasteiger partial charge in [-0.3, -0.25) is 0 Å². The van der Waals surface area contributed by atoms with Crippen molar-refractivity contribution in [1.29, 1.82) is 0 Å². The Kier molecular flexibility index (Phi) is 4.26. The maximum Gasteiger partial charge on any atom is 0.240 e. The molecule has 1 N–H and O–H groups in total. The average molecular weight is 285 g/mol. The molecule has 0 aromatic heterocycles. The first-order chi connectivity index (χ1) is 8.90. The van der Waals surface area contributed by atoms with Crippen LogP contribution in [-0.4, -0.2) is 14.5 Å². The third kappa shape index (κ3) is 3.34. The summed E-state index contributed by atoms with van der Waals surface area (Å²) in [6, 6.07) is 3.89. The summed E-state index contributed by atoms with van der Waals surface area (Å²) in [4.78, 5) is 0.143. The lowest BCUT2D eigenvalue weighted by atomic mass is 9.87. The first-order valence-corrected chi connectivity index (χ1v) is 8.17. The number of hydrogen-bond acceptors (Lipinski definition) is 2. The number of halogens is 1. The maximum atomic E-state index is 13.2. The van der Waals surface area contributed by atoms with E-state index < -0.39 is 10.0 Å². The molecule has 0 spiro atoms. The van der Waals surface area contributed by atoms with Crippen LogP contribution in [0.1, 0.15) is 38.2 Å². The Morgan fingerprint density at radius 2 is 1.95 bits per heavy atom. The van der Waals surface area contributed by atoms with Crippen molar-refractivity contribution >= 4 is 10.0 Å². The molecule has 106 valence electrons. The van der Waals surface area contributed by atoms with Gasteiger partial charge in [0.15, 0.2) is 0 Å². The van der Waals surface area contributed by atoms with Gasteiger partial charge in [0.2, 0.25) is 10.0 Å². The van der Waals surface area contributed by atoms with E-state index in [9.17, 15) is 12.8 Å². The molecule has 3 nitrogen and oxygen atoms in total. The number of aryl methyl sites for hydroxylation is 1. The van der Waals surface area contributed by atoms with Crippen LogP contribution in [0.4, 0.5) is 4.39 Å². The van der Waals surface area contributed by atoms with Crippen LogP contribution in [0.2, 0.25) is 0 Å². The molecular formula is C14H20FNO2S. The fourth-order valence-electron chi connectivity index (χ4n) is 2.54. The second-order valence-electron chi connectivity index (χ2n) is 5.40. The van der Waals surface area contributed by atoms with Crippen LogP contribution in [0.25, 0.3) is 0 Å². The van der Waals surface area contributed by atoms with Crippen LogP contribution < -0.4 is 4.72 Å². The monoisotopic (exact) mass is 285 g/mol. The van der Waals surface area contributed by atoms with Crippen LogP contribution in [-0.2, 0) is 10.0 Å². The maximum absolute atomic E-state index is 13.2. The van der Waals surface area contributed by atoms with E-state index in [0.717, 1.165) is 25.7 Å². The normalized spacial score (nSPS) is 24.4. The summed E-state index contributed by atoms with van der Waals surface area (Å²) in [6.07, 6.45) is 4.14. The molecule has 1 fully saturated rings. The van der Waals surface area contributed by atoms with Crippen molar-refractivity contribution in [3.05, 3.63) is 29.6 Å². The number of hydrogen-bond donors (Lipinski definition) is 1. The van der Waals surface area contributed by atoms with Crippen molar-refractivity contribution < 1.29 is 12.8 Å². The Bertz CT molecular complexity index is 557. The zero-order valence-corrected chi connectivity index (χ0v) is 12.1. The summed E-state index contributed by atoms with van der Waals surface area (Å²) in [5.74, 6) is -0.0324. The standard InChI is InChI=1S/C14H20FNO2S/c1-10-5-3-4-6-14(10)16-19(17,18)12-7-8-13(15)11(2)9-12/h7-10,14,16H,3-6H2,1-2H3. The summed E-state index contributed by atoms with van der Waals surface area (Å²) < 4.78 is 40.5. The van der Waals surface area contributed by atoms with Gasteiger partial charge in [-0.1, -0.05) is 19.8 Å². The van der Waals surface area contributed by atoms with E-state index in [-0.39, 0.29) is 16.8 Å². The van der Waals surface area contributed by atoms with Gasteiger partial charge in [0.25, 0.3) is 0 Å². The predicted octanol–water partition coefficient (Wildman–Crippen LogP) is 2.99. The first kappa shape index (κ1) is 14.5. The van der Waals surface area contributed by atoms with Gasteiger partial charge in [-0.05, 0) is 49.4 Å². The van der Waals surface area contributed by atoms with Gasteiger partial charge in [-0.2, -0.15) is 0 Å². The molecule has 19 heavy (non-hydrogen) atoms. The van der Waals surface area contributed by atoms with E-state index in [2.05, 4.69) is 11.6 Å². The molecule has 0 amide bonds. The lowest BCUT2D eigenvalue weighted by molar-refractivity contribution is 0.310. The van der Waals surface area contributed by atoms with Gasteiger partial charge in [0, 0.05) is 6.04 Å². The summed E-state index contributed by atoms with van der Waals surface area (Å²) in [5, 5.41) is 0. The topological polar surface area (TPSA) is 46.2 Å². The number of benzene rings is 1. The summed E-state index contributed by atoms with van der Waals surface area (Å²) in [6.45, 7) is 3.64. The van der Waals surface area contributed by atoms with E-state index in [1.807, 2.05) is 0 Å². The Morgan fingerprint density at radius 1 is 1.26 bits per heavy atom. The second kappa shape index (κ2) is 5.59. The van der Waals surface area contributed by atoms with Gasteiger partial charge in [0.05, 0.1) is 4.90 Å². The third-order valence-electron chi connectivity index (χ3n) is 3.86. The highest BCUT2D eigenvalue weighted by Gasteiger charge is 2.26. The predicted molar refractivity (Wildman–Crippen MR) is 72.9 cm³/mol. The van der Waals surface area contributed by atoms with Crippen molar-refractivity contribution in [1.82, 2.24) is 4.72 Å². The highest BCUT2D eigenvalue weighted by molar-refractivity contribution is 7.89. The van der Waals surface area contributed by atoms with Crippen molar-refractivity contribution in [2.45, 2.75) is 50.5 Å². The quantitative estimate of drug-likeness (QED) is 0.928. The van der Waals surface area contributed by atoms with Crippen molar-refractivity contribution in [3.8, 4) is 0 Å². The minimum absolute atomic E-state index is 0.0101. The summed E-state index contributed by atoms with van der Waals surface area (Å²) >= 11 is 0. The van der Waals surface area contributed by atoms with Crippen molar-refractivity contribution in [2.75, 3.05) is 0 Å². The summed E-state index contributed by atoms with van der Waals surface area (Å²) in [7, 11) is -3.55. The Balaban J connectivity index is 2.19. The molecule has 1 aliphatic carbocycles.